The first kappa shape index (κ1) is 17.0. The van der Waals surface area contributed by atoms with Crippen molar-refractivity contribution in [3.05, 3.63) is 35.9 Å². The molecule has 0 aliphatic carbocycles. The lowest BCUT2D eigenvalue weighted by Gasteiger charge is -2.31. The van der Waals surface area contributed by atoms with Gasteiger partial charge in [0.15, 0.2) is 0 Å². The molecule has 1 aliphatic heterocycles. The van der Waals surface area contributed by atoms with Crippen LogP contribution in [0.5, 0.6) is 0 Å². The van der Waals surface area contributed by atoms with Crippen LogP contribution in [0.2, 0.25) is 0 Å². The van der Waals surface area contributed by atoms with Crippen LogP contribution < -0.4 is 5.73 Å². The molecule has 1 aromatic carbocycles. The quantitative estimate of drug-likeness (QED) is 0.869. The molecule has 122 valence electrons. The molecular formula is C18H27NO3. The summed E-state index contributed by atoms with van der Waals surface area (Å²) in [6.45, 7) is 4.62. The maximum absolute atomic E-state index is 12.0. The number of carbonyl (C=O) groups excluding carboxylic acids is 1. The van der Waals surface area contributed by atoms with Crippen LogP contribution >= 0.6 is 0 Å². The van der Waals surface area contributed by atoms with Crippen molar-refractivity contribution in [3.8, 4) is 0 Å². The first-order valence-corrected chi connectivity index (χ1v) is 8.23. The maximum atomic E-state index is 12.0. The summed E-state index contributed by atoms with van der Waals surface area (Å²) < 4.78 is 11.7. The van der Waals surface area contributed by atoms with Crippen LogP contribution in [-0.4, -0.2) is 30.8 Å². The van der Waals surface area contributed by atoms with Crippen molar-refractivity contribution in [1.82, 2.24) is 0 Å². The number of benzene rings is 1. The number of cyclic esters (lactones) is 1. The third kappa shape index (κ3) is 4.55. The second-order valence-corrected chi connectivity index (χ2v) is 6.09. The third-order valence-corrected chi connectivity index (χ3v) is 4.33. The fourth-order valence-electron chi connectivity index (χ4n) is 3.01. The van der Waals surface area contributed by atoms with Crippen molar-refractivity contribution in [2.45, 2.75) is 57.8 Å². The van der Waals surface area contributed by atoms with E-state index in [4.69, 9.17) is 15.2 Å². The monoisotopic (exact) mass is 305 g/mol. The van der Waals surface area contributed by atoms with Gasteiger partial charge in [-0.3, -0.25) is 4.79 Å². The summed E-state index contributed by atoms with van der Waals surface area (Å²) >= 11 is 0. The Hall–Kier alpha value is -1.39. The molecule has 1 heterocycles. The molecule has 0 amide bonds. The second-order valence-electron chi connectivity index (χ2n) is 6.09. The van der Waals surface area contributed by atoms with Gasteiger partial charge in [0.05, 0.1) is 6.10 Å². The minimum absolute atomic E-state index is 0.0957. The highest BCUT2D eigenvalue weighted by molar-refractivity contribution is 5.75. The molecule has 1 aliphatic rings. The van der Waals surface area contributed by atoms with Crippen LogP contribution in [0.1, 0.15) is 38.7 Å². The van der Waals surface area contributed by atoms with Gasteiger partial charge in [-0.1, -0.05) is 43.7 Å². The molecule has 1 fully saturated rings. The topological polar surface area (TPSA) is 61.5 Å². The number of rotatable bonds is 4. The third-order valence-electron chi connectivity index (χ3n) is 4.33. The Balaban J connectivity index is 2.18. The number of carbonyl (C=O) groups is 1. The summed E-state index contributed by atoms with van der Waals surface area (Å²) in [4.78, 5) is 12.0. The molecule has 0 aromatic heterocycles. The van der Waals surface area contributed by atoms with E-state index in [0.717, 1.165) is 19.3 Å². The highest BCUT2D eigenvalue weighted by Crippen LogP contribution is 2.26. The number of hydrogen-bond acceptors (Lipinski definition) is 4. The van der Waals surface area contributed by atoms with Gasteiger partial charge in [0.2, 0.25) is 0 Å². The average molecular weight is 305 g/mol. The minimum atomic E-state index is -0.583. The standard InChI is InChI=1S/C18H27NO3/c1-3-7-17-15(12-14-8-5-4-6-9-14)13(2)22-18(20)16(19)10-11-21-17/h4-6,8-9,13,15-17H,3,7,10-12,19H2,1-2H3/t13-,15-,16-,17+/m0/s1. The highest BCUT2D eigenvalue weighted by Gasteiger charge is 2.32. The van der Waals surface area contributed by atoms with Gasteiger partial charge in [0, 0.05) is 12.5 Å². The van der Waals surface area contributed by atoms with Crippen molar-refractivity contribution in [3.63, 3.8) is 0 Å². The molecule has 22 heavy (non-hydrogen) atoms. The smallest absolute Gasteiger partial charge is 0.323 e. The number of ether oxygens (including phenoxy) is 2. The van der Waals surface area contributed by atoms with Crippen LogP contribution in [0.4, 0.5) is 0 Å². The first-order chi connectivity index (χ1) is 10.6. The lowest BCUT2D eigenvalue weighted by Crippen LogP contribution is -2.38. The molecule has 2 N–H and O–H groups in total. The van der Waals surface area contributed by atoms with E-state index in [9.17, 15) is 4.79 Å². The molecular weight excluding hydrogens is 278 g/mol. The van der Waals surface area contributed by atoms with Gasteiger partial charge in [-0.05, 0) is 31.7 Å². The maximum Gasteiger partial charge on any atom is 0.323 e. The molecule has 1 aromatic rings. The van der Waals surface area contributed by atoms with Gasteiger partial charge >= 0.3 is 5.97 Å². The van der Waals surface area contributed by atoms with E-state index in [1.54, 1.807) is 0 Å². The predicted molar refractivity (Wildman–Crippen MR) is 86.4 cm³/mol. The van der Waals surface area contributed by atoms with E-state index in [0.29, 0.717) is 13.0 Å². The van der Waals surface area contributed by atoms with E-state index in [1.165, 1.54) is 5.56 Å². The lowest BCUT2D eigenvalue weighted by atomic mass is 9.87. The first-order valence-electron chi connectivity index (χ1n) is 8.23. The van der Waals surface area contributed by atoms with Gasteiger partial charge < -0.3 is 15.2 Å². The van der Waals surface area contributed by atoms with Crippen LogP contribution in [-0.2, 0) is 20.7 Å². The fourth-order valence-corrected chi connectivity index (χ4v) is 3.01. The van der Waals surface area contributed by atoms with E-state index < -0.39 is 6.04 Å². The van der Waals surface area contributed by atoms with Gasteiger partial charge in [-0.25, -0.2) is 0 Å². The molecule has 0 spiro atoms. The van der Waals surface area contributed by atoms with E-state index in [2.05, 4.69) is 19.1 Å². The Morgan fingerprint density at radius 1 is 1.27 bits per heavy atom. The van der Waals surface area contributed by atoms with Gasteiger partial charge in [0.1, 0.15) is 12.1 Å². The van der Waals surface area contributed by atoms with Crippen LogP contribution in [0.25, 0.3) is 0 Å². The largest absolute Gasteiger partial charge is 0.461 e. The molecule has 4 atom stereocenters. The van der Waals surface area contributed by atoms with Gasteiger partial charge in [-0.2, -0.15) is 0 Å². The fraction of sp³-hybridized carbons (Fsp3) is 0.611. The summed E-state index contributed by atoms with van der Waals surface area (Å²) in [5, 5.41) is 0. The van der Waals surface area contributed by atoms with Crippen LogP contribution in [0, 0.1) is 5.92 Å². The number of esters is 1. The van der Waals surface area contributed by atoms with Crippen molar-refractivity contribution >= 4 is 5.97 Å². The zero-order chi connectivity index (χ0) is 15.9. The predicted octanol–water partition coefficient (Wildman–Crippen LogP) is 2.69. The minimum Gasteiger partial charge on any atom is -0.461 e. The van der Waals surface area contributed by atoms with Crippen LogP contribution in [0.15, 0.2) is 30.3 Å². The van der Waals surface area contributed by atoms with Gasteiger partial charge in [0.25, 0.3) is 0 Å². The molecule has 0 radical (unpaired) electrons. The molecule has 2 rings (SSSR count). The molecule has 4 nitrogen and oxygen atoms in total. The zero-order valence-electron chi connectivity index (χ0n) is 13.5. The second kappa shape index (κ2) is 8.30. The number of hydrogen-bond donors (Lipinski definition) is 1. The van der Waals surface area contributed by atoms with Crippen molar-refractivity contribution in [1.29, 1.82) is 0 Å². The van der Waals surface area contributed by atoms with E-state index in [1.807, 2.05) is 25.1 Å². The summed E-state index contributed by atoms with van der Waals surface area (Å²) in [6.07, 6.45) is 3.27. The molecule has 0 saturated carbocycles. The summed E-state index contributed by atoms with van der Waals surface area (Å²) in [5.74, 6) is -0.164. The average Bonchev–Trinajstić information content (AvgIpc) is 2.55. The number of nitrogens with two attached hydrogens (primary N) is 1. The van der Waals surface area contributed by atoms with E-state index >= 15 is 0 Å². The molecule has 1 saturated heterocycles. The Bertz CT molecular complexity index is 463. The summed E-state index contributed by atoms with van der Waals surface area (Å²) in [5.41, 5.74) is 7.08. The highest BCUT2D eigenvalue weighted by atomic mass is 16.5. The van der Waals surface area contributed by atoms with Crippen LogP contribution in [0.3, 0.4) is 0 Å². The Labute approximate surface area is 133 Å². The lowest BCUT2D eigenvalue weighted by molar-refractivity contribution is -0.153. The Kier molecular flexibility index (Phi) is 6.40. The summed E-state index contributed by atoms with van der Waals surface area (Å²) in [7, 11) is 0. The molecule has 4 heteroatoms. The van der Waals surface area contributed by atoms with Crippen molar-refractivity contribution in [2.75, 3.05) is 6.61 Å². The Morgan fingerprint density at radius 2 is 2.00 bits per heavy atom. The normalized spacial score (nSPS) is 30.0. The summed E-state index contributed by atoms with van der Waals surface area (Å²) in [6, 6.07) is 9.71. The zero-order valence-corrected chi connectivity index (χ0v) is 13.5. The SMILES string of the molecule is CCC[C@H]1OCC[C@H](N)C(=O)O[C@@H](C)[C@@H]1Cc1ccccc1. The van der Waals surface area contributed by atoms with Crippen molar-refractivity contribution in [2.24, 2.45) is 11.7 Å². The van der Waals surface area contributed by atoms with Gasteiger partial charge in [-0.15, -0.1) is 0 Å². The molecule has 0 unspecified atom stereocenters. The molecule has 0 bridgehead atoms. The van der Waals surface area contributed by atoms with E-state index in [-0.39, 0.29) is 24.1 Å². The Morgan fingerprint density at radius 3 is 2.68 bits per heavy atom. The van der Waals surface area contributed by atoms with Crippen molar-refractivity contribution < 1.29 is 14.3 Å².